The molecule has 0 heterocycles. The fourth-order valence-corrected chi connectivity index (χ4v) is 2.01. The molecule has 0 aromatic heterocycles. The Morgan fingerprint density at radius 2 is 1.50 bits per heavy atom. The van der Waals surface area contributed by atoms with Gasteiger partial charge in [-0.15, -0.1) is 0 Å². The van der Waals surface area contributed by atoms with Crippen LogP contribution in [-0.2, 0) is 5.41 Å². The van der Waals surface area contributed by atoms with Crippen LogP contribution in [-0.4, -0.2) is 6.04 Å². The molecule has 0 amide bonds. The number of nitrogens with one attached hydrogen (secondary N) is 1. The van der Waals surface area contributed by atoms with Gasteiger partial charge in [-0.2, -0.15) is 0 Å². The van der Waals surface area contributed by atoms with Gasteiger partial charge in [0.15, 0.2) is 0 Å². The topological polar surface area (TPSA) is 12.0 Å². The Kier molecular flexibility index (Phi) is 5.25. The van der Waals surface area contributed by atoms with E-state index in [1.165, 1.54) is 24.1 Å². The van der Waals surface area contributed by atoms with E-state index in [0.717, 1.165) is 5.92 Å². The van der Waals surface area contributed by atoms with Gasteiger partial charge in [-0.3, -0.25) is 0 Å². The van der Waals surface area contributed by atoms with Crippen LogP contribution in [0.4, 0.5) is 5.69 Å². The Bertz CT molecular complexity index is 343. The lowest BCUT2D eigenvalue weighted by atomic mass is 9.87. The second kappa shape index (κ2) is 6.26. The van der Waals surface area contributed by atoms with Crippen molar-refractivity contribution in [3.63, 3.8) is 0 Å². The maximum absolute atomic E-state index is 3.58. The normalized spacial score (nSPS) is 13.7. The Balaban J connectivity index is 2.53. The molecule has 18 heavy (non-hydrogen) atoms. The van der Waals surface area contributed by atoms with Gasteiger partial charge in [0.05, 0.1) is 0 Å². The molecule has 0 saturated carbocycles. The number of hydrogen-bond donors (Lipinski definition) is 1. The van der Waals surface area contributed by atoms with Crippen LogP contribution in [0.5, 0.6) is 0 Å². The van der Waals surface area contributed by atoms with E-state index in [0.29, 0.717) is 6.04 Å². The van der Waals surface area contributed by atoms with E-state index in [1.807, 2.05) is 0 Å². The second-order valence-corrected chi connectivity index (χ2v) is 6.84. The molecule has 0 saturated heterocycles. The molecule has 102 valence electrons. The van der Waals surface area contributed by atoms with Crippen molar-refractivity contribution < 1.29 is 0 Å². The monoisotopic (exact) mass is 247 g/mol. The fraction of sp³-hybridized carbons (Fsp3) is 0.647. The molecule has 1 aromatic rings. The van der Waals surface area contributed by atoms with Gasteiger partial charge in [0.2, 0.25) is 0 Å². The van der Waals surface area contributed by atoms with Crippen LogP contribution in [0, 0.1) is 5.92 Å². The maximum Gasteiger partial charge on any atom is 0.0342 e. The Morgan fingerprint density at radius 1 is 0.944 bits per heavy atom. The number of benzene rings is 1. The van der Waals surface area contributed by atoms with E-state index in [-0.39, 0.29) is 5.41 Å². The smallest absolute Gasteiger partial charge is 0.0342 e. The highest BCUT2D eigenvalue weighted by Crippen LogP contribution is 2.24. The zero-order valence-electron chi connectivity index (χ0n) is 12.9. The molecule has 0 aliphatic carbocycles. The van der Waals surface area contributed by atoms with Gasteiger partial charge in [0.1, 0.15) is 0 Å². The first kappa shape index (κ1) is 15.1. The van der Waals surface area contributed by atoms with Crippen molar-refractivity contribution in [2.75, 3.05) is 5.32 Å². The second-order valence-electron chi connectivity index (χ2n) is 6.84. The van der Waals surface area contributed by atoms with Gasteiger partial charge in [0.25, 0.3) is 0 Å². The summed E-state index contributed by atoms with van der Waals surface area (Å²) in [5, 5.41) is 3.58. The molecular weight excluding hydrogens is 218 g/mol. The third-order valence-electron chi connectivity index (χ3n) is 3.34. The Hall–Kier alpha value is -0.980. The molecule has 1 heteroatoms. The van der Waals surface area contributed by atoms with E-state index >= 15 is 0 Å². The average molecular weight is 247 g/mol. The zero-order chi connectivity index (χ0) is 13.8. The molecule has 1 unspecified atom stereocenters. The SMILES string of the molecule is CC(C)CCC(C)Nc1ccc(C(C)(C)C)cc1. The highest BCUT2D eigenvalue weighted by molar-refractivity contribution is 5.46. The molecule has 1 rings (SSSR count). The van der Waals surface area contributed by atoms with Crippen LogP contribution >= 0.6 is 0 Å². The highest BCUT2D eigenvalue weighted by Gasteiger charge is 2.13. The van der Waals surface area contributed by atoms with Crippen molar-refractivity contribution >= 4 is 5.69 Å². The summed E-state index contributed by atoms with van der Waals surface area (Å²) in [6.45, 7) is 13.6. The molecule has 1 N–H and O–H groups in total. The molecule has 0 fully saturated rings. The van der Waals surface area contributed by atoms with Gasteiger partial charge < -0.3 is 5.32 Å². The molecule has 1 nitrogen and oxygen atoms in total. The van der Waals surface area contributed by atoms with E-state index in [2.05, 4.69) is 71.1 Å². The van der Waals surface area contributed by atoms with E-state index in [1.54, 1.807) is 0 Å². The van der Waals surface area contributed by atoms with Gasteiger partial charge in [-0.05, 0) is 48.8 Å². The van der Waals surface area contributed by atoms with Crippen LogP contribution < -0.4 is 5.32 Å². The van der Waals surface area contributed by atoms with Crippen LogP contribution in [0.1, 0.15) is 59.9 Å². The molecule has 0 radical (unpaired) electrons. The fourth-order valence-electron chi connectivity index (χ4n) is 2.01. The summed E-state index contributed by atoms with van der Waals surface area (Å²) >= 11 is 0. The van der Waals surface area contributed by atoms with Crippen molar-refractivity contribution in [1.29, 1.82) is 0 Å². The first-order valence-electron chi connectivity index (χ1n) is 7.16. The largest absolute Gasteiger partial charge is 0.383 e. The maximum atomic E-state index is 3.58. The lowest BCUT2D eigenvalue weighted by Gasteiger charge is -2.21. The Morgan fingerprint density at radius 3 is 1.94 bits per heavy atom. The molecule has 0 aliphatic rings. The third-order valence-corrected chi connectivity index (χ3v) is 3.34. The summed E-state index contributed by atoms with van der Waals surface area (Å²) in [6.07, 6.45) is 2.52. The van der Waals surface area contributed by atoms with Crippen molar-refractivity contribution in [3.05, 3.63) is 29.8 Å². The number of hydrogen-bond acceptors (Lipinski definition) is 1. The summed E-state index contributed by atoms with van der Waals surface area (Å²) in [6, 6.07) is 9.42. The predicted molar refractivity (Wildman–Crippen MR) is 82.3 cm³/mol. The third kappa shape index (κ3) is 5.12. The first-order chi connectivity index (χ1) is 8.29. The van der Waals surface area contributed by atoms with Crippen LogP contribution in [0.25, 0.3) is 0 Å². The lowest BCUT2D eigenvalue weighted by Crippen LogP contribution is -2.16. The van der Waals surface area contributed by atoms with Gasteiger partial charge in [-0.1, -0.05) is 46.8 Å². The molecular formula is C17H29N. The zero-order valence-corrected chi connectivity index (χ0v) is 12.9. The number of rotatable bonds is 5. The average Bonchev–Trinajstić information content (AvgIpc) is 2.26. The molecule has 0 bridgehead atoms. The standard InChI is InChI=1S/C17H29N/c1-13(2)7-8-14(3)18-16-11-9-15(10-12-16)17(4,5)6/h9-14,18H,7-8H2,1-6H3. The van der Waals surface area contributed by atoms with Crippen LogP contribution in [0.3, 0.4) is 0 Å². The van der Waals surface area contributed by atoms with Gasteiger partial charge in [-0.25, -0.2) is 0 Å². The number of anilines is 1. The van der Waals surface area contributed by atoms with Gasteiger partial charge in [0, 0.05) is 11.7 Å². The Labute approximate surface area is 113 Å². The molecule has 0 aliphatic heterocycles. The van der Waals surface area contributed by atoms with E-state index < -0.39 is 0 Å². The minimum atomic E-state index is 0.238. The minimum absolute atomic E-state index is 0.238. The van der Waals surface area contributed by atoms with Crippen LogP contribution in [0.15, 0.2) is 24.3 Å². The molecule has 1 aromatic carbocycles. The summed E-state index contributed by atoms with van der Waals surface area (Å²) in [4.78, 5) is 0. The van der Waals surface area contributed by atoms with E-state index in [9.17, 15) is 0 Å². The predicted octanol–water partition coefficient (Wildman–Crippen LogP) is 5.22. The highest BCUT2D eigenvalue weighted by atomic mass is 14.9. The summed E-state index contributed by atoms with van der Waals surface area (Å²) < 4.78 is 0. The molecule has 0 spiro atoms. The van der Waals surface area contributed by atoms with Crippen molar-refractivity contribution in [3.8, 4) is 0 Å². The minimum Gasteiger partial charge on any atom is -0.383 e. The first-order valence-corrected chi connectivity index (χ1v) is 7.16. The molecule has 1 atom stereocenters. The van der Waals surface area contributed by atoms with Crippen molar-refractivity contribution in [1.82, 2.24) is 0 Å². The van der Waals surface area contributed by atoms with Crippen LogP contribution in [0.2, 0.25) is 0 Å². The van der Waals surface area contributed by atoms with Crippen molar-refractivity contribution in [2.24, 2.45) is 5.92 Å². The van der Waals surface area contributed by atoms with Crippen molar-refractivity contribution in [2.45, 2.75) is 65.8 Å². The van der Waals surface area contributed by atoms with E-state index in [4.69, 9.17) is 0 Å². The summed E-state index contributed by atoms with van der Waals surface area (Å²) in [5.41, 5.74) is 2.86. The summed E-state index contributed by atoms with van der Waals surface area (Å²) in [5.74, 6) is 0.789. The lowest BCUT2D eigenvalue weighted by molar-refractivity contribution is 0.527. The quantitative estimate of drug-likeness (QED) is 0.752. The summed E-state index contributed by atoms with van der Waals surface area (Å²) in [7, 11) is 0. The van der Waals surface area contributed by atoms with Gasteiger partial charge >= 0.3 is 0 Å².